The number of rotatable bonds is 7. The maximum Gasteiger partial charge on any atom is -1.00 e. The van der Waals surface area contributed by atoms with Crippen molar-refractivity contribution in [2.75, 3.05) is 0 Å². The van der Waals surface area contributed by atoms with E-state index in [1.54, 1.807) is 42.3 Å². The number of halogens is 3. The molecule has 1 aliphatic carbocycles. The van der Waals surface area contributed by atoms with Gasteiger partial charge in [-0.15, -0.1) is 0 Å². The van der Waals surface area contributed by atoms with Gasteiger partial charge in [0, 0.05) is 0 Å². The van der Waals surface area contributed by atoms with Crippen LogP contribution in [0.3, 0.4) is 0 Å². The molecule has 0 nitrogen and oxygen atoms in total. The van der Waals surface area contributed by atoms with Crippen molar-refractivity contribution in [3.63, 3.8) is 0 Å². The first-order valence-electron chi connectivity index (χ1n) is 17.7. The van der Waals surface area contributed by atoms with Crippen LogP contribution in [0.2, 0.25) is 62.3 Å². The van der Waals surface area contributed by atoms with Crippen molar-refractivity contribution in [2.45, 2.75) is 132 Å². The predicted octanol–water partition coefficient (Wildman–Crippen LogP) is -0.414. The Balaban J connectivity index is 0.00000417. The van der Waals surface area contributed by atoms with Crippen LogP contribution in [0.25, 0.3) is 0 Å². The SMILES string of the molecule is CC1=C(C)[C]([Ti+3])([Si](c2ccc(C)c(C)c2[Si](C)(C)C)(c2ccc(C)c(C)c2[Si](C)(C)C)c2ccc(C)c(C)c2[Si](C)(C)C)C(C)=C1C.[Cl-].[Cl-].[Cl-]. The fraction of sp³-hybridized carbons (Fsp3) is 0.476. The second-order valence-corrected chi connectivity index (χ2v) is 38.9. The van der Waals surface area contributed by atoms with Gasteiger partial charge in [0.05, 0.1) is 0 Å². The van der Waals surface area contributed by atoms with Gasteiger partial charge >= 0.3 is 307 Å². The van der Waals surface area contributed by atoms with Crippen LogP contribution in [0.15, 0.2) is 58.7 Å². The molecule has 4 rings (SSSR count). The Kier molecular flexibility index (Phi) is 15.0. The maximum atomic E-state index is 2.71. The third-order valence-electron chi connectivity index (χ3n) is 12.0. The van der Waals surface area contributed by atoms with Crippen LogP contribution in [0.1, 0.15) is 61.1 Å². The van der Waals surface area contributed by atoms with Crippen molar-refractivity contribution in [3.8, 4) is 0 Å². The largest absolute Gasteiger partial charge is 1.00 e. The number of benzene rings is 3. The van der Waals surface area contributed by atoms with E-state index < -0.39 is 32.3 Å². The van der Waals surface area contributed by atoms with E-state index in [-0.39, 0.29) is 40.6 Å². The van der Waals surface area contributed by atoms with Crippen molar-refractivity contribution >= 4 is 63.4 Å². The van der Waals surface area contributed by atoms with E-state index in [1.807, 2.05) is 0 Å². The average Bonchev–Trinajstić information content (AvgIpc) is 3.08. The molecule has 272 valence electrons. The van der Waals surface area contributed by atoms with Crippen LogP contribution in [0.4, 0.5) is 0 Å². The van der Waals surface area contributed by atoms with Gasteiger partial charge in [-0.3, -0.25) is 0 Å². The monoisotopic (exact) mass is 832 g/mol. The first-order chi connectivity index (χ1) is 21.3. The summed E-state index contributed by atoms with van der Waals surface area (Å²) in [6.07, 6.45) is 0. The standard InChI is InChI=1S/C42H63Si4.3ClH.Ti/c1-26-20-23-36(40(29(26)4)43(11,12)13)46(39-34(9)32(7)33(8)35(39)10,37-24-21-27(2)30(5)41(37)44(14,15)16)38-25-22-28(3)31(6)42(38)45(17,18)19;;;;/h20-25H,1-19H3;3*1H;/q;;;;+3/p-3. The first kappa shape index (κ1) is 47.6. The fourth-order valence-corrected chi connectivity index (χ4v) is 29.7. The minimum absolute atomic E-state index is 0. The number of allylic oxidation sites excluding steroid dienone is 4. The summed E-state index contributed by atoms with van der Waals surface area (Å²) in [5.74, 6) is 0. The molecule has 0 aromatic heterocycles. The molecule has 0 spiro atoms. The van der Waals surface area contributed by atoms with Crippen molar-refractivity contribution in [1.82, 2.24) is 0 Å². The Morgan fingerprint density at radius 3 is 0.820 bits per heavy atom. The van der Waals surface area contributed by atoms with Crippen LogP contribution in [0.5, 0.6) is 0 Å². The minimum atomic E-state index is -2.96. The zero-order valence-corrected chi connectivity index (χ0v) is 42.4. The number of hydrogen-bond acceptors (Lipinski definition) is 0. The Labute approximate surface area is 341 Å². The van der Waals surface area contributed by atoms with Crippen LogP contribution < -0.4 is 68.3 Å². The normalized spacial score (nSPS) is 15.1. The predicted molar refractivity (Wildman–Crippen MR) is 221 cm³/mol. The van der Waals surface area contributed by atoms with Crippen LogP contribution >= 0.6 is 0 Å². The van der Waals surface area contributed by atoms with Crippen LogP contribution in [0, 0.1) is 41.5 Å². The Bertz CT molecular complexity index is 1660. The van der Waals surface area contributed by atoms with E-state index in [4.69, 9.17) is 0 Å². The summed E-state index contributed by atoms with van der Waals surface area (Å²) in [4.78, 5) is 0. The molecule has 0 radical (unpaired) electrons. The van der Waals surface area contributed by atoms with Gasteiger partial charge in [-0.1, -0.05) is 0 Å². The van der Waals surface area contributed by atoms with Crippen molar-refractivity contribution in [3.05, 3.63) is 92.1 Å². The summed E-state index contributed by atoms with van der Waals surface area (Å²) in [6.45, 7) is 47.7. The Morgan fingerprint density at radius 1 is 0.400 bits per heavy atom. The van der Waals surface area contributed by atoms with E-state index in [9.17, 15) is 0 Å². The molecule has 0 bridgehead atoms. The van der Waals surface area contributed by atoms with E-state index >= 15 is 0 Å². The second kappa shape index (κ2) is 15.8. The topological polar surface area (TPSA) is 0 Å². The maximum absolute atomic E-state index is 2.96. The molecule has 0 saturated heterocycles. The molecule has 8 heteroatoms. The zero-order chi connectivity index (χ0) is 36.0. The van der Waals surface area contributed by atoms with Gasteiger partial charge in [-0.2, -0.15) is 0 Å². The molecule has 3 aromatic carbocycles. The van der Waals surface area contributed by atoms with Gasteiger partial charge in [-0.25, -0.2) is 0 Å². The van der Waals surface area contributed by atoms with Gasteiger partial charge in [0.25, 0.3) is 0 Å². The molecule has 0 fully saturated rings. The van der Waals surface area contributed by atoms with E-state index in [1.165, 1.54) is 44.5 Å². The summed E-state index contributed by atoms with van der Waals surface area (Å²) < 4.78 is -0.122. The number of aryl methyl sites for hydroxylation is 3. The summed E-state index contributed by atoms with van der Waals surface area (Å²) in [6, 6.07) is 15.5. The van der Waals surface area contributed by atoms with Crippen molar-refractivity contribution in [1.29, 1.82) is 0 Å². The van der Waals surface area contributed by atoms with Gasteiger partial charge in [0.15, 0.2) is 0 Å². The van der Waals surface area contributed by atoms with E-state index in [0.717, 1.165) is 0 Å². The zero-order valence-electron chi connectivity index (χ0n) is 34.6. The minimum Gasteiger partial charge on any atom is -1.00 e. The van der Waals surface area contributed by atoms with Crippen LogP contribution in [-0.2, 0) is 20.4 Å². The van der Waals surface area contributed by atoms with E-state index in [0.29, 0.717) is 0 Å². The number of hydrogen-bond donors (Lipinski definition) is 0. The summed E-state index contributed by atoms with van der Waals surface area (Å²) >= 11 is 2.71. The molecule has 0 saturated carbocycles. The molecule has 0 N–H and O–H groups in total. The molecule has 1 aliphatic rings. The van der Waals surface area contributed by atoms with Gasteiger partial charge in [0.2, 0.25) is 0 Å². The molecule has 0 aliphatic heterocycles. The molecule has 3 aromatic rings. The van der Waals surface area contributed by atoms with Gasteiger partial charge in [0.1, 0.15) is 0 Å². The Hall–Kier alpha value is -0.408. The molecule has 50 heavy (non-hydrogen) atoms. The average molecular weight is 835 g/mol. The third-order valence-corrected chi connectivity index (χ3v) is 27.7. The summed E-state index contributed by atoms with van der Waals surface area (Å²) in [7, 11) is -8.49. The molecule has 0 amide bonds. The molecular weight excluding hydrogens is 771 g/mol. The van der Waals surface area contributed by atoms with Gasteiger partial charge in [-0.05, 0) is 0 Å². The molecule has 0 atom stereocenters. The second-order valence-electron chi connectivity index (χ2n) is 18.0. The molecule has 0 unspecified atom stereocenters. The first-order valence-corrected chi connectivity index (χ1v) is 31.0. The van der Waals surface area contributed by atoms with Gasteiger partial charge < -0.3 is 37.2 Å². The molecule has 0 heterocycles. The molecular formula is C42H63Cl3Si4Ti. The van der Waals surface area contributed by atoms with Crippen LogP contribution in [-0.4, -0.2) is 32.3 Å². The summed E-state index contributed by atoms with van der Waals surface area (Å²) in [5.41, 5.74) is 15.1. The quantitative estimate of drug-likeness (QED) is 0.225. The Morgan fingerprint density at radius 2 is 0.620 bits per heavy atom. The van der Waals surface area contributed by atoms with Crippen molar-refractivity contribution < 1.29 is 57.7 Å². The fourth-order valence-electron chi connectivity index (χ4n) is 9.29. The summed E-state index contributed by atoms with van der Waals surface area (Å²) in [5, 5.41) is 10.3. The van der Waals surface area contributed by atoms with Crippen molar-refractivity contribution in [2.24, 2.45) is 0 Å². The smallest absolute Gasteiger partial charge is 1.00 e. The third kappa shape index (κ3) is 7.22. The van der Waals surface area contributed by atoms with E-state index in [2.05, 4.69) is 185 Å².